The Labute approximate surface area is 143 Å². The molecule has 122 valence electrons. The molecule has 1 aliphatic rings. The topological polar surface area (TPSA) is 58.2 Å². The van der Waals surface area contributed by atoms with Gasteiger partial charge in [-0.05, 0) is 19.1 Å². The maximum absolute atomic E-state index is 14.3. The number of hydrogen-bond donors (Lipinski definition) is 2. The molecule has 3 rings (SSSR count). The molecule has 1 atom stereocenters. The summed E-state index contributed by atoms with van der Waals surface area (Å²) >= 11 is 6.13. The number of halogens is 2. The van der Waals surface area contributed by atoms with Gasteiger partial charge in [-0.3, -0.25) is 4.79 Å². The third-order valence-corrected chi connectivity index (χ3v) is 4.17. The smallest absolute Gasteiger partial charge is 0.319 e. The van der Waals surface area contributed by atoms with Crippen molar-refractivity contribution in [1.82, 2.24) is 10.6 Å². The van der Waals surface area contributed by atoms with Crippen LogP contribution in [0.5, 0.6) is 0 Å². The van der Waals surface area contributed by atoms with Gasteiger partial charge in [0.15, 0.2) is 5.78 Å². The molecule has 24 heavy (non-hydrogen) atoms. The predicted octanol–water partition coefficient (Wildman–Crippen LogP) is 3.99. The van der Waals surface area contributed by atoms with E-state index in [0.29, 0.717) is 11.3 Å². The van der Waals surface area contributed by atoms with Gasteiger partial charge >= 0.3 is 6.03 Å². The summed E-state index contributed by atoms with van der Waals surface area (Å²) < 4.78 is 14.3. The Hall–Kier alpha value is -2.66. The van der Waals surface area contributed by atoms with Gasteiger partial charge in [0.25, 0.3) is 0 Å². The number of amides is 2. The van der Waals surface area contributed by atoms with Gasteiger partial charge in [-0.25, -0.2) is 9.18 Å². The van der Waals surface area contributed by atoms with E-state index in [9.17, 15) is 14.0 Å². The van der Waals surface area contributed by atoms with E-state index < -0.39 is 17.9 Å². The van der Waals surface area contributed by atoms with E-state index in [2.05, 4.69) is 10.6 Å². The molecular formula is C18H14ClFN2O2. The summed E-state index contributed by atoms with van der Waals surface area (Å²) in [6.07, 6.45) is 0. The molecule has 0 radical (unpaired) electrons. The molecule has 1 aliphatic heterocycles. The first-order chi connectivity index (χ1) is 11.5. The third kappa shape index (κ3) is 2.90. The number of benzene rings is 2. The second-order valence-electron chi connectivity index (χ2n) is 5.40. The number of nitrogens with one attached hydrogen (secondary N) is 2. The van der Waals surface area contributed by atoms with E-state index in [1.165, 1.54) is 18.2 Å². The van der Waals surface area contributed by atoms with Crippen molar-refractivity contribution in [2.24, 2.45) is 0 Å². The third-order valence-electron chi connectivity index (χ3n) is 3.84. The van der Waals surface area contributed by atoms with Crippen LogP contribution in [0.25, 0.3) is 0 Å². The van der Waals surface area contributed by atoms with Crippen LogP contribution >= 0.6 is 11.6 Å². The van der Waals surface area contributed by atoms with E-state index in [1.54, 1.807) is 37.3 Å². The van der Waals surface area contributed by atoms with E-state index in [0.717, 1.165) is 0 Å². The molecule has 0 bridgehead atoms. The molecule has 2 amide bonds. The molecule has 0 aliphatic carbocycles. The molecule has 0 aromatic heterocycles. The zero-order chi connectivity index (χ0) is 17.3. The van der Waals surface area contributed by atoms with Crippen LogP contribution in [0.4, 0.5) is 9.18 Å². The van der Waals surface area contributed by atoms with Crippen molar-refractivity contribution in [3.05, 3.63) is 81.8 Å². The SMILES string of the molecule is CC1=C(C(=O)c2ccccc2)[C@@H](c2c(F)cccc2Cl)NC(=O)N1. The van der Waals surface area contributed by atoms with Gasteiger partial charge in [0.1, 0.15) is 5.82 Å². The van der Waals surface area contributed by atoms with Crippen LogP contribution in [0, 0.1) is 5.82 Å². The second-order valence-corrected chi connectivity index (χ2v) is 5.81. The molecule has 0 fully saturated rings. The standard InChI is InChI=1S/C18H14ClFN2O2/c1-10-14(17(23)11-6-3-2-4-7-11)16(22-18(24)21-10)15-12(19)8-5-9-13(15)20/h2-9,16H,1H3,(H2,21,22,24)/t16-/m0/s1. The summed E-state index contributed by atoms with van der Waals surface area (Å²) in [6.45, 7) is 1.61. The van der Waals surface area contributed by atoms with Crippen LogP contribution < -0.4 is 10.6 Å². The molecule has 2 aromatic carbocycles. The average molecular weight is 345 g/mol. The Kier molecular flexibility index (Phi) is 4.36. The largest absolute Gasteiger partial charge is 0.327 e. The number of hydrogen-bond acceptors (Lipinski definition) is 2. The second kappa shape index (κ2) is 6.45. The number of carbonyl (C=O) groups is 2. The fourth-order valence-corrected chi connectivity index (χ4v) is 3.02. The van der Waals surface area contributed by atoms with Crippen LogP contribution in [0.2, 0.25) is 5.02 Å². The fourth-order valence-electron chi connectivity index (χ4n) is 2.74. The zero-order valence-electron chi connectivity index (χ0n) is 12.8. The van der Waals surface area contributed by atoms with Gasteiger partial charge in [-0.15, -0.1) is 0 Å². The lowest BCUT2D eigenvalue weighted by atomic mass is 9.89. The first-order valence-corrected chi connectivity index (χ1v) is 7.68. The highest BCUT2D eigenvalue weighted by molar-refractivity contribution is 6.31. The van der Waals surface area contributed by atoms with Crippen LogP contribution in [-0.2, 0) is 0 Å². The van der Waals surface area contributed by atoms with Crippen molar-refractivity contribution in [2.45, 2.75) is 13.0 Å². The number of urea groups is 1. The Morgan fingerprint density at radius 1 is 1.12 bits per heavy atom. The van der Waals surface area contributed by atoms with E-state index in [4.69, 9.17) is 11.6 Å². The molecule has 0 saturated carbocycles. The highest BCUT2D eigenvalue weighted by Gasteiger charge is 2.34. The maximum atomic E-state index is 14.3. The Bertz CT molecular complexity index is 829. The molecular weight excluding hydrogens is 331 g/mol. The van der Waals surface area contributed by atoms with Crippen LogP contribution in [0.1, 0.15) is 28.9 Å². The minimum absolute atomic E-state index is 0.0765. The summed E-state index contributed by atoms with van der Waals surface area (Å²) in [5, 5.41) is 5.30. The molecule has 0 unspecified atom stereocenters. The van der Waals surface area contributed by atoms with Crippen LogP contribution in [0.3, 0.4) is 0 Å². The molecule has 4 nitrogen and oxygen atoms in total. The van der Waals surface area contributed by atoms with E-state index in [1.807, 2.05) is 0 Å². The molecule has 2 N–H and O–H groups in total. The zero-order valence-corrected chi connectivity index (χ0v) is 13.5. The van der Waals surface area contributed by atoms with Crippen molar-refractivity contribution >= 4 is 23.4 Å². The van der Waals surface area contributed by atoms with Crippen molar-refractivity contribution in [3.63, 3.8) is 0 Å². The summed E-state index contributed by atoms with van der Waals surface area (Å²) in [4.78, 5) is 24.8. The molecule has 2 aromatic rings. The minimum Gasteiger partial charge on any atom is -0.327 e. The van der Waals surface area contributed by atoms with Crippen molar-refractivity contribution < 1.29 is 14.0 Å². The summed E-state index contributed by atoms with van der Waals surface area (Å²) in [6, 6.07) is 11.4. The first-order valence-electron chi connectivity index (χ1n) is 7.31. The van der Waals surface area contributed by atoms with Gasteiger partial charge in [0.05, 0.1) is 6.04 Å². The van der Waals surface area contributed by atoms with E-state index >= 15 is 0 Å². The van der Waals surface area contributed by atoms with Gasteiger partial charge in [-0.1, -0.05) is 48.0 Å². The lowest BCUT2D eigenvalue weighted by Gasteiger charge is -2.29. The molecule has 0 saturated heterocycles. The Morgan fingerprint density at radius 2 is 1.83 bits per heavy atom. The quantitative estimate of drug-likeness (QED) is 0.827. The average Bonchev–Trinajstić information content (AvgIpc) is 2.54. The monoisotopic (exact) mass is 344 g/mol. The highest BCUT2D eigenvalue weighted by atomic mass is 35.5. The minimum atomic E-state index is -0.958. The van der Waals surface area contributed by atoms with Crippen molar-refractivity contribution in [3.8, 4) is 0 Å². The summed E-state index contributed by atoms with van der Waals surface area (Å²) in [5.41, 5.74) is 1.15. The van der Waals surface area contributed by atoms with Gasteiger partial charge in [0.2, 0.25) is 0 Å². The Morgan fingerprint density at radius 3 is 2.50 bits per heavy atom. The predicted molar refractivity (Wildman–Crippen MR) is 89.3 cm³/mol. The number of Topliss-reactive ketones (excluding diaryl/α,β-unsaturated/α-hetero) is 1. The van der Waals surface area contributed by atoms with Gasteiger partial charge in [-0.2, -0.15) is 0 Å². The lowest BCUT2D eigenvalue weighted by Crippen LogP contribution is -2.45. The van der Waals surface area contributed by atoms with Crippen LogP contribution in [0.15, 0.2) is 59.8 Å². The Balaban J connectivity index is 2.15. The van der Waals surface area contributed by atoms with Gasteiger partial charge in [0, 0.05) is 27.4 Å². The summed E-state index contributed by atoms with van der Waals surface area (Å²) in [5.74, 6) is -0.884. The number of rotatable bonds is 3. The number of carbonyl (C=O) groups excluding carboxylic acids is 2. The van der Waals surface area contributed by atoms with E-state index in [-0.39, 0.29) is 21.9 Å². The molecule has 1 heterocycles. The van der Waals surface area contributed by atoms with Gasteiger partial charge < -0.3 is 10.6 Å². The number of ketones is 1. The molecule has 0 spiro atoms. The fraction of sp³-hybridized carbons (Fsp3) is 0.111. The van der Waals surface area contributed by atoms with Crippen molar-refractivity contribution in [1.29, 1.82) is 0 Å². The van der Waals surface area contributed by atoms with Crippen molar-refractivity contribution in [2.75, 3.05) is 0 Å². The highest BCUT2D eigenvalue weighted by Crippen LogP contribution is 2.34. The first kappa shape index (κ1) is 16.2. The number of allylic oxidation sites excluding steroid dienone is 1. The normalized spacial score (nSPS) is 17.3. The molecule has 6 heteroatoms. The maximum Gasteiger partial charge on any atom is 0.319 e. The summed E-state index contributed by atoms with van der Waals surface area (Å²) in [7, 11) is 0. The van der Waals surface area contributed by atoms with Crippen LogP contribution in [-0.4, -0.2) is 11.8 Å². The lowest BCUT2D eigenvalue weighted by molar-refractivity contribution is 0.102.